The minimum Gasteiger partial charge on any atom is -0.385 e. The molecule has 1 aromatic carbocycles. The second-order valence-corrected chi connectivity index (χ2v) is 4.61. The first-order valence-electron chi connectivity index (χ1n) is 5.51. The second-order valence-electron chi connectivity index (χ2n) is 4.61. The van der Waals surface area contributed by atoms with Crippen molar-refractivity contribution in [3.63, 3.8) is 0 Å². The molecule has 0 aliphatic heterocycles. The molecule has 0 aliphatic carbocycles. The molecule has 0 aromatic heterocycles. The third-order valence-corrected chi connectivity index (χ3v) is 1.96. The summed E-state index contributed by atoms with van der Waals surface area (Å²) in [5.41, 5.74) is 1.15. The lowest BCUT2D eigenvalue weighted by Gasteiger charge is -2.19. The molecule has 0 bridgehead atoms. The van der Waals surface area contributed by atoms with E-state index in [2.05, 4.69) is 38.2 Å². The van der Waals surface area contributed by atoms with Crippen LogP contribution in [0, 0.1) is 0 Å². The molecule has 0 spiro atoms. The highest BCUT2D eigenvalue weighted by atomic mass is 16.5. The Hall–Kier alpha value is -1.02. The normalized spacial score (nSPS) is 11.4. The van der Waals surface area contributed by atoms with Crippen LogP contribution in [-0.4, -0.2) is 18.8 Å². The molecular formula is C13H21NO. The maximum absolute atomic E-state index is 5.63. The average molecular weight is 207 g/mol. The molecule has 0 saturated carbocycles. The van der Waals surface area contributed by atoms with Crippen LogP contribution < -0.4 is 5.32 Å². The Kier molecular flexibility index (Phi) is 4.63. The van der Waals surface area contributed by atoms with Crippen LogP contribution in [0.4, 0.5) is 5.69 Å². The molecule has 15 heavy (non-hydrogen) atoms. The number of hydrogen-bond acceptors (Lipinski definition) is 2. The van der Waals surface area contributed by atoms with Gasteiger partial charge in [0.15, 0.2) is 0 Å². The number of rotatable bonds is 5. The molecule has 2 nitrogen and oxygen atoms in total. The third kappa shape index (κ3) is 6.13. The monoisotopic (exact) mass is 207 g/mol. The van der Waals surface area contributed by atoms with Crippen molar-refractivity contribution in [1.29, 1.82) is 0 Å². The molecule has 1 rings (SSSR count). The lowest BCUT2D eigenvalue weighted by atomic mass is 10.2. The van der Waals surface area contributed by atoms with Crippen molar-refractivity contribution < 1.29 is 4.74 Å². The summed E-state index contributed by atoms with van der Waals surface area (Å²) < 4.78 is 5.63. The van der Waals surface area contributed by atoms with Crippen LogP contribution in [0.1, 0.15) is 27.2 Å². The molecule has 0 fully saturated rings. The van der Waals surface area contributed by atoms with Gasteiger partial charge in [-0.1, -0.05) is 18.2 Å². The van der Waals surface area contributed by atoms with E-state index in [-0.39, 0.29) is 5.60 Å². The van der Waals surface area contributed by atoms with Crippen LogP contribution in [0.3, 0.4) is 0 Å². The number of para-hydroxylation sites is 1. The van der Waals surface area contributed by atoms with E-state index >= 15 is 0 Å². The number of nitrogens with one attached hydrogen (secondary N) is 1. The molecular weight excluding hydrogens is 186 g/mol. The Morgan fingerprint density at radius 3 is 2.40 bits per heavy atom. The quantitative estimate of drug-likeness (QED) is 0.748. The molecule has 0 saturated heterocycles. The van der Waals surface area contributed by atoms with E-state index in [4.69, 9.17) is 4.74 Å². The summed E-state index contributed by atoms with van der Waals surface area (Å²) >= 11 is 0. The van der Waals surface area contributed by atoms with Crippen molar-refractivity contribution in [2.75, 3.05) is 18.5 Å². The van der Waals surface area contributed by atoms with Gasteiger partial charge in [0.25, 0.3) is 0 Å². The number of ether oxygens (including phenoxy) is 1. The summed E-state index contributed by atoms with van der Waals surface area (Å²) in [6.45, 7) is 8.01. The highest BCUT2D eigenvalue weighted by Crippen LogP contribution is 2.08. The Balaban J connectivity index is 2.08. The predicted molar refractivity (Wildman–Crippen MR) is 65.3 cm³/mol. The lowest BCUT2D eigenvalue weighted by molar-refractivity contribution is -0.00279. The molecule has 84 valence electrons. The predicted octanol–water partition coefficient (Wildman–Crippen LogP) is 3.30. The fraction of sp³-hybridized carbons (Fsp3) is 0.538. The fourth-order valence-corrected chi connectivity index (χ4v) is 1.24. The molecule has 0 unspecified atom stereocenters. The Morgan fingerprint density at radius 1 is 1.13 bits per heavy atom. The zero-order chi connectivity index (χ0) is 11.1. The van der Waals surface area contributed by atoms with Crippen molar-refractivity contribution in [2.24, 2.45) is 0 Å². The van der Waals surface area contributed by atoms with Gasteiger partial charge in [0.05, 0.1) is 5.60 Å². The van der Waals surface area contributed by atoms with Gasteiger partial charge in [-0.25, -0.2) is 0 Å². The Morgan fingerprint density at radius 2 is 1.80 bits per heavy atom. The van der Waals surface area contributed by atoms with E-state index in [0.29, 0.717) is 0 Å². The second kappa shape index (κ2) is 5.76. The van der Waals surface area contributed by atoms with Crippen molar-refractivity contribution in [1.82, 2.24) is 0 Å². The van der Waals surface area contributed by atoms with Gasteiger partial charge >= 0.3 is 0 Å². The van der Waals surface area contributed by atoms with Crippen LogP contribution >= 0.6 is 0 Å². The summed E-state index contributed by atoms with van der Waals surface area (Å²) in [4.78, 5) is 0. The standard InChI is InChI=1S/C13H21NO/c1-13(2,3)15-11-7-10-14-12-8-5-4-6-9-12/h4-6,8-9,14H,7,10-11H2,1-3H3. The molecule has 1 aromatic rings. The van der Waals surface area contributed by atoms with Gasteiger partial charge in [-0.3, -0.25) is 0 Å². The lowest BCUT2D eigenvalue weighted by Crippen LogP contribution is -2.20. The Labute approximate surface area is 92.6 Å². The third-order valence-electron chi connectivity index (χ3n) is 1.96. The van der Waals surface area contributed by atoms with Crippen LogP contribution in [0.2, 0.25) is 0 Å². The van der Waals surface area contributed by atoms with E-state index in [1.807, 2.05) is 18.2 Å². The van der Waals surface area contributed by atoms with Crippen LogP contribution in [0.5, 0.6) is 0 Å². The summed E-state index contributed by atoms with van der Waals surface area (Å²) in [6.07, 6.45) is 1.03. The van der Waals surface area contributed by atoms with Crippen LogP contribution in [0.25, 0.3) is 0 Å². The molecule has 2 heteroatoms. The van der Waals surface area contributed by atoms with Crippen LogP contribution in [0.15, 0.2) is 30.3 Å². The minimum atomic E-state index is -0.0211. The van der Waals surface area contributed by atoms with Gasteiger partial charge in [-0.15, -0.1) is 0 Å². The van der Waals surface area contributed by atoms with E-state index in [1.165, 1.54) is 5.69 Å². The number of anilines is 1. The first-order valence-corrected chi connectivity index (χ1v) is 5.51. The van der Waals surface area contributed by atoms with Crippen molar-refractivity contribution in [3.05, 3.63) is 30.3 Å². The number of hydrogen-bond donors (Lipinski definition) is 1. The summed E-state index contributed by atoms with van der Waals surface area (Å²) in [5, 5.41) is 3.35. The fourth-order valence-electron chi connectivity index (χ4n) is 1.24. The molecule has 0 aliphatic rings. The molecule has 0 heterocycles. The van der Waals surface area contributed by atoms with Gasteiger partial charge in [0.1, 0.15) is 0 Å². The van der Waals surface area contributed by atoms with Gasteiger partial charge in [0.2, 0.25) is 0 Å². The summed E-state index contributed by atoms with van der Waals surface area (Å²) in [7, 11) is 0. The zero-order valence-electron chi connectivity index (χ0n) is 9.92. The van der Waals surface area contributed by atoms with Gasteiger partial charge in [-0.05, 0) is 39.3 Å². The van der Waals surface area contributed by atoms with Gasteiger partial charge in [0, 0.05) is 18.8 Å². The van der Waals surface area contributed by atoms with Crippen molar-refractivity contribution in [2.45, 2.75) is 32.8 Å². The average Bonchev–Trinajstić information content (AvgIpc) is 2.17. The number of benzene rings is 1. The van der Waals surface area contributed by atoms with E-state index in [9.17, 15) is 0 Å². The maximum Gasteiger partial charge on any atom is 0.0598 e. The first-order chi connectivity index (χ1) is 7.08. The van der Waals surface area contributed by atoms with Gasteiger partial charge < -0.3 is 10.1 Å². The van der Waals surface area contributed by atoms with Crippen molar-refractivity contribution in [3.8, 4) is 0 Å². The topological polar surface area (TPSA) is 21.3 Å². The molecule has 0 atom stereocenters. The SMILES string of the molecule is CC(C)(C)OCCCNc1ccccc1. The zero-order valence-corrected chi connectivity index (χ0v) is 9.92. The van der Waals surface area contributed by atoms with Gasteiger partial charge in [-0.2, -0.15) is 0 Å². The smallest absolute Gasteiger partial charge is 0.0598 e. The summed E-state index contributed by atoms with van der Waals surface area (Å²) in [6, 6.07) is 10.2. The van der Waals surface area contributed by atoms with Crippen LogP contribution in [-0.2, 0) is 4.74 Å². The van der Waals surface area contributed by atoms with E-state index < -0.39 is 0 Å². The van der Waals surface area contributed by atoms with E-state index in [0.717, 1.165) is 19.6 Å². The Bertz CT molecular complexity index is 264. The van der Waals surface area contributed by atoms with E-state index in [1.54, 1.807) is 0 Å². The largest absolute Gasteiger partial charge is 0.385 e. The maximum atomic E-state index is 5.63. The molecule has 0 radical (unpaired) electrons. The molecule has 0 amide bonds. The molecule has 1 N–H and O–H groups in total. The minimum absolute atomic E-state index is 0.0211. The first kappa shape index (κ1) is 12.1. The highest BCUT2D eigenvalue weighted by Gasteiger charge is 2.08. The van der Waals surface area contributed by atoms with Crippen molar-refractivity contribution >= 4 is 5.69 Å². The summed E-state index contributed by atoms with van der Waals surface area (Å²) in [5.74, 6) is 0. The highest BCUT2D eigenvalue weighted by molar-refractivity contribution is 5.42.